The van der Waals surface area contributed by atoms with E-state index in [0.717, 1.165) is 11.1 Å². The molecule has 0 fully saturated rings. The lowest BCUT2D eigenvalue weighted by Crippen LogP contribution is -2.06. The van der Waals surface area contributed by atoms with Crippen LogP contribution in [-0.4, -0.2) is 16.4 Å². The van der Waals surface area contributed by atoms with Gasteiger partial charge in [-0.1, -0.05) is 12.1 Å². The van der Waals surface area contributed by atoms with Gasteiger partial charge in [0, 0.05) is 5.56 Å². The van der Waals surface area contributed by atoms with Crippen LogP contribution < -0.4 is 10.5 Å². The maximum Gasteiger partial charge on any atom is 0.387 e. The predicted octanol–water partition coefficient (Wildman–Crippen LogP) is 2.42. The molecule has 0 aliphatic heterocycles. The van der Waals surface area contributed by atoms with E-state index >= 15 is 0 Å². The number of hydrogen-bond acceptors (Lipinski definition) is 3. The van der Waals surface area contributed by atoms with Crippen molar-refractivity contribution >= 4 is 5.82 Å². The first-order valence-electron chi connectivity index (χ1n) is 5.38. The first kappa shape index (κ1) is 12.3. The number of hydrogen-bond donors (Lipinski definition) is 1. The Bertz CT molecular complexity index is 523. The van der Waals surface area contributed by atoms with E-state index in [0.29, 0.717) is 12.4 Å². The molecule has 0 saturated heterocycles. The molecule has 0 aliphatic rings. The molecule has 96 valence electrons. The third kappa shape index (κ3) is 2.77. The van der Waals surface area contributed by atoms with Crippen molar-refractivity contribution in [1.29, 1.82) is 0 Å². The standard InChI is InChI=1S/C12H13F2N3O/c1-8-6-16-17(11(8)15)7-9-2-4-10(5-3-9)18-12(13)14/h2-6,12H,7,15H2,1H3. The highest BCUT2D eigenvalue weighted by atomic mass is 19.3. The fraction of sp³-hybridized carbons (Fsp3) is 0.250. The number of aromatic nitrogens is 2. The molecule has 0 atom stereocenters. The predicted molar refractivity (Wildman–Crippen MR) is 63.6 cm³/mol. The van der Waals surface area contributed by atoms with Gasteiger partial charge in [0.2, 0.25) is 0 Å². The molecule has 0 bridgehead atoms. The summed E-state index contributed by atoms with van der Waals surface area (Å²) in [6.45, 7) is -0.437. The summed E-state index contributed by atoms with van der Waals surface area (Å²) in [5.74, 6) is 0.737. The molecule has 1 aromatic heterocycles. The Morgan fingerprint density at radius 3 is 2.50 bits per heavy atom. The van der Waals surface area contributed by atoms with E-state index < -0.39 is 6.61 Å². The lowest BCUT2D eigenvalue weighted by atomic mass is 10.2. The molecule has 2 N–H and O–H groups in total. The highest BCUT2D eigenvalue weighted by Gasteiger charge is 2.06. The highest BCUT2D eigenvalue weighted by molar-refractivity contribution is 5.38. The van der Waals surface area contributed by atoms with E-state index in [4.69, 9.17) is 5.73 Å². The summed E-state index contributed by atoms with van der Waals surface area (Å²) in [6.07, 6.45) is 1.68. The summed E-state index contributed by atoms with van der Waals surface area (Å²) in [5, 5.41) is 4.12. The second kappa shape index (κ2) is 5.03. The third-order valence-corrected chi connectivity index (χ3v) is 2.55. The largest absolute Gasteiger partial charge is 0.435 e. The molecule has 1 heterocycles. The van der Waals surface area contributed by atoms with Gasteiger partial charge in [-0.05, 0) is 24.6 Å². The summed E-state index contributed by atoms with van der Waals surface area (Å²) in [5.41, 5.74) is 7.64. The Labute approximate surface area is 103 Å². The van der Waals surface area contributed by atoms with E-state index in [1.54, 1.807) is 23.0 Å². The first-order chi connectivity index (χ1) is 8.56. The van der Waals surface area contributed by atoms with Crippen molar-refractivity contribution in [3.05, 3.63) is 41.6 Å². The van der Waals surface area contributed by atoms with E-state index in [9.17, 15) is 8.78 Å². The molecule has 1 aromatic carbocycles. The van der Waals surface area contributed by atoms with Gasteiger partial charge in [0.25, 0.3) is 0 Å². The van der Waals surface area contributed by atoms with Crippen LogP contribution in [-0.2, 0) is 6.54 Å². The molecule has 0 aliphatic carbocycles. The van der Waals surface area contributed by atoms with Gasteiger partial charge in [0.15, 0.2) is 0 Å². The third-order valence-electron chi connectivity index (χ3n) is 2.55. The summed E-state index contributed by atoms with van der Waals surface area (Å²) < 4.78 is 29.9. The molecule has 0 saturated carbocycles. The number of rotatable bonds is 4. The summed E-state index contributed by atoms with van der Waals surface area (Å²) in [4.78, 5) is 0. The van der Waals surface area contributed by atoms with Crippen molar-refractivity contribution in [2.75, 3.05) is 5.73 Å². The zero-order valence-corrected chi connectivity index (χ0v) is 9.81. The maximum absolute atomic E-state index is 12.0. The van der Waals surface area contributed by atoms with Crippen LogP contribution in [0, 0.1) is 6.92 Å². The summed E-state index contributed by atoms with van der Waals surface area (Å²) >= 11 is 0. The van der Waals surface area contributed by atoms with Crippen LogP contribution in [0.5, 0.6) is 5.75 Å². The Kier molecular flexibility index (Phi) is 3.45. The quantitative estimate of drug-likeness (QED) is 0.910. The zero-order valence-electron chi connectivity index (χ0n) is 9.81. The molecule has 2 rings (SSSR count). The lowest BCUT2D eigenvalue weighted by Gasteiger charge is -2.07. The highest BCUT2D eigenvalue weighted by Crippen LogP contribution is 2.17. The zero-order chi connectivity index (χ0) is 13.1. The lowest BCUT2D eigenvalue weighted by molar-refractivity contribution is -0.0498. The normalized spacial score (nSPS) is 10.9. The first-order valence-corrected chi connectivity index (χ1v) is 5.38. The second-order valence-electron chi connectivity index (χ2n) is 3.89. The van der Waals surface area contributed by atoms with Crippen LogP contribution in [0.25, 0.3) is 0 Å². The number of nitrogens with zero attached hydrogens (tertiary/aromatic N) is 2. The van der Waals surface area contributed by atoms with Crippen LogP contribution in [0.1, 0.15) is 11.1 Å². The molecule has 4 nitrogen and oxygen atoms in total. The minimum Gasteiger partial charge on any atom is -0.435 e. The average molecular weight is 253 g/mol. The van der Waals surface area contributed by atoms with Gasteiger partial charge in [-0.15, -0.1) is 0 Å². The molecule has 0 spiro atoms. The minimum absolute atomic E-state index is 0.137. The minimum atomic E-state index is -2.81. The van der Waals surface area contributed by atoms with Crippen molar-refractivity contribution in [2.24, 2.45) is 0 Å². The van der Waals surface area contributed by atoms with E-state index in [2.05, 4.69) is 9.84 Å². The van der Waals surface area contributed by atoms with Gasteiger partial charge in [-0.3, -0.25) is 0 Å². The molecule has 18 heavy (non-hydrogen) atoms. The number of nitrogen functional groups attached to an aromatic ring is 1. The molecular formula is C12H13F2N3O. The van der Waals surface area contributed by atoms with Crippen LogP contribution in [0.4, 0.5) is 14.6 Å². The van der Waals surface area contributed by atoms with Crippen LogP contribution >= 0.6 is 0 Å². The van der Waals surface area contributed by atoms with E-state index in [1.165, 1.54) is 12.1 Å². The molecular weight excluding hydrogens is 240 g/mol. The number of aryl methyl sites for hydroxylation is 1. The van der Waals surface area contributed by atoms with Gasteiger partial charge in [0.1, 0.15) is 11.6 Å². The van der Waals surface area contributed by atoms with Gasteiger partial charge in [-0.2, -0.15) is 13.9 Å². The maximum atomic E-state index is 12.0. The Hall–Kier alpha value is -2.11. The molecule has 2 aromatic rings. The smallest absolute Gasteiger partial charge is 0.387 e. The Morgan fingerprint density at radius 1 is 1.33 bits per heavy atom. The molecule has 6 heteroatoms. The fourth-order valence-corrected chi connectivity index (χ4v) is 1.56. The monoisotopic (exact) mass is 253 g/mol. The van der Waals surface area contributed by atoms with Crippen LogP contribution in [0.15, 0.2) is 30.5 Å². The van der Waals surface area contributed by atoms with Gasteiger partial charge in [0.05, 0.1) is 12.7 Å². The number of anilines is 1. The number of nitrogens with two attached hydrogens (primary N) is 1. The van der Waals surface area contributed by atoms with Crippen molar-refractivity contribution in [2.45, 2.75) is 20.1 Å². The summed E-state index contributed by atoms with van der Waals surface area (Å²) in [6, 6.07) is 6.39. The number of ether oxygens (including phenoxy) is 1. The van der Waals surface area contributed by atoms with Crippen molar-refractivity contribution in [1.82, 2.24) is 9.78 Å². The van der Waals surface area contributed by atoms with E-state index in [1.807, 2.05) is 6.92 Å². The van der Waals surface area contributed by atoms with Crippen molar-refractivity contribution in [3.8, 4) is 5.75 Å². The Morgan fingerprint density at radius 2 is 2.00 bits per heavy atom. The van der Waals surface area contributed by atoms with Crippen molar-refractivity contribution < 1.29 is 13.5 Å². The van der Waals surface area contributed by atoms with Gasteiger partial charge in [-0.25, -0.2) is 4.68 Å². The molecule has 0 unspecified atom stereocenters. The number of alkyl halides is 2. The van der Waals surface area contributed by atoms with Crippen molar-refractivity contribution in [3.63, 3.8) is 0 Å². The topological polar surface area (TPSA) is 53.1 Å². The summed E-state index contributed by atoms with van der Waals surface area (Å²) in [7, 11) is 0. The average Bonchev–Trinajstić information content (AvgIpc) is 2.63. The Balaban J connectivity index is 2.08. The SMILES string of the molecule is Cc1cnn(Cc2ccc(OC(F)F)cc2)c1N. The number of benzene rings is 1. The molecule has 0 radical (unpaired) electrons. The molecule has 0 amide bonds. The van der Waals surface area contributed by atoms with Crippen LogP contribution in [0.3, 0.4) is 0 Å². The van der Waals surface area contributed by atoms with Gasteiger partial charge < -0.3 is 10.5 Å². The number of halogens is 2. The van der Waals surface area contributed by atoms with Crippen LogP contribution in [0.2, 0.25) is 0 Å². The van der Waals surface area contributed by atoms with Gasteiger partial charge >= 0.3 is 6.61 Å². The van der Waals surface area contributed by atoms with E-state index in [-0.39, 0.29) is 5.75 Å². The fourth-order valence-electron chi connectivity index (χ4n) is 1.56. The second-order valence-corrected chi connectivity index (χ2v) is 3.89.